The standard InChI is InChI=1S/C14H16FN3O3/c1-2-18-5-6-20-12(8-18)13-16-14(21-17-13)10-4-3-9(15)7-11(10)19/h3-4,7,12,19H,2,5-6,8H2,1H3. The van der Waals surface area contributed by atoms with Gasteiger partial charge in [0.25, 0.3) is 5.89 Å². The molecule has 1 saturated heterocycles. The number of hydrogen-bond acceptors (Lipinski definition) is 6. The molecular weight excluding hydrogens is 277 g/mol. The van der Waals surface area contributed by atoms with Crippen molar-refractivity contribution in [3.05, 3.63) is 29.8 Å². The van der Waals surface area contributed by atoms with Gasteiger partial charge in [0, 0.05) is 19.2 Å². The normalized spacial score (nSPS) is 19.8. The fourth-order valence-corrected chi connectivity index (χ4v) is 2.31. The largest absolute Gasteiger partial charge is 0.507 e. The number of aromatic nitrogens is 2. The van der Waals surface area contributed by atoms with Crippen molar-refractivity contribution in [3.8, 4) is 17.2 Å². The Labute approximate surface area is 121 Å². The maximum absolute atomic E-state index is 13.0. The molecule has 112 valence electrons. The fourth-order valence-electron chi connectivity index (χ4n) is 2.31. The van der Waals surface area contributed by atoms with Crippen LogP contribution in [0, 0.1) is 5.82 Å². The molecule has 2 heterocycles. The van der Waals surface area contributed by atoms with Gasteiger partial charge in [-0.15, -0.1) is 0 Å². The van der Waals surface area contributed by atoms with Crippen molar-refractivity contribution in [1.82, 2.24) is 15.0 Å². The lowest BCUT2D eigenvalue weighted by atomic mass is 10.2. The quantitative estimate of drug-likeness (QED) is 0.933. The number of likely N-dealkylation sites (N-methyl/N-ethyl adjacent to an activating group) is 1. The second-order valence-corrected chi connectivity index (χ2v) is 4.87. The van der Waals surface area contributed by atoms with Gasteiger partial charge in [-0.05, 0) is 18.7 Å². The zero-order valence-corrected chi connectivity index (χ0v) is 11.6. The van der Waals surface area contributed by atoms with Crippen LogP contribution in [0.3, 0.4) is 0 Å². The molecule has 1 aliphatic rings. The lowest BCUT2D eigenvalue weighted by Gasteiger charge is -2.30. The molecule has 3 rings (SSSR count). The molecule has 6 nitrogen and oxygen atoms in total. The Morgan fingerprint density at radius 3 is 3.10 bits per heavy atom. The summed E-state index contributed by atoms with van der Waals surface area (Å²) < 4.78 is 23.8. The first kappa shape index (κ1) is 14.0. The third-order valence-corrected chi connectivity index (χ3v) is 3.52. The van der Waals surface area contributed by atoms with Gasteiger partial charge < -0.3 is 14.4 Å². The molecule has 7 heteroatoms. The molecule has 1 fully saturated rings. The van der Waals surface area contributed by atoms with Crippen LogP contribution in [-0.4, -0.2) is 46.4 Å². The van der Waals surface area contributed by atoms with Crippen molar-refractivity contribution in [2.75, 3.05) is 26.2 Å². The van der Waals surface area contributed by atoms with Crippen LogP contribution in [0.25, 0.3) is 11.5 Å². The number of nitrogens with zero attached hydrogens (tertiary/aromatic N) is 3. The van der Waals surface area contributed by atoms with Crippen LogP contribution in [0.2, 0.25) is 0 Å². The third kappa shape index (κ3) is 2.88. The second-order valence-electron chi connectivity index (χ2n) is 4.87. The molecule has 0 spiro atoms. The monoisotopic (exact) mass is 293 g/mol. The number of aromatic hydroxyl groups is 1. The molecule has 2 aromatic rings. The molecule has 0 saturated carbocycles. The first-order chi connectivity index (χ1) is 10.2. The summed E-state index contributed by atoms with van der Waals surface area (Å²) in [6, 6.07) is 3.64. The Bertz CT molecular complexity index is 632. The number of morpholine rings is 1. The van der Waals surface area contributed by atoms with E-state index in [1.165, 1.54) is 12.1 Å². The van der Waals surface area contributed by atoms with E-state index in [1.54, 1.807) is 0 Å². The van der Waals surface area contributed by atoms with E-state index in [2.05, 4.69) is 22.0 Å². The van der Waals surface area contributed by atoms with E-state index in [-0.39, 0.29) is 17.7 Å². The molecule has 1 aliphatic heterocycles. The molecule has 21 heavy (non-hydrogen) atoms. The molecule has 0 bridgehead atoms. The lowest BCUT2D eigenvalue weighted by Crippen LogP contribution is -2.38. The topological polar surface area (TPSA) is 71.6 Å². The zero-order chi connectivity index (χ0) is 14.8. The number of phenolic OH excluding ortho intramolecular Hbond substituents is 1. The first-order valence-electron chi connectivity index (χ1n) is 6.84. The summed E-state index contributed by atoms with van der Waals surface area (Å²) in [5, 5.41) is 13.6. The molecule has 1 atom stereocenters. The number of rotatable bonds is 3. The van der Waals surface area contributed by atoms with Gasteiger partial charge in [0.2, 0.25) is 5.82 Å². The van der Waals surface area contributed by atoms with Crippen LogP contribution in [0.15, 0.2) is 22.7 Å². The average Bonchev–Trinajstić information content (AvgIpc) is 2.97. The van der Waals surface area contributed by atoms with Crippen molar-refractivity contribution < 1.29 is 18.8 Å². The Morgan fingerprint density at radius 2 is 2.33 bits per heavy atom. The zero-order valence-electron chi connectivity index (χ0n) is 11.6. The molecule has 1 aromatic heterocycles. The van der Waals surface area contributed by atoms with Gasteiger partial charge in [-0.25, -0.2) is 4.39 Å². The average molecular weight is 293 g/mol. The van der Waals surface area contributed by atoms with Gasteiger partial charge in [-0.3, -0.25) is 4.90 Å². The second kappa shape index (κ2) is 5.79. The highest BCUT2D eigenvalue weighted by atomic mass is 19.1. The van der Waals surface area contributed by atoms with Crippen LogP contribution in [0.1, 0.15) is 18.9 Å². The van der Waals surface area contributed by atoms with Gasteiger partial charge in [0.1, 0.15) is 17.7 Å². The van der Waals surface area contributed by atoms with E-state index in [9.17, 15) is 9.50 Å². The fraction of sp³-hybridized carbons (Fsp3) is 0.429. The minimum absolute atomic E-state index is 0.153. The van der Waals surface area contributed by atoms with Crippen LogP contribution in [-0.2, 0) is 4.74 Å². The van der Waals surface area contributed by atoms with E-state index in [4.69, 9.17) is 9.26 Å². The van der Waals surface area contributed by atoms with Crippen molar-refractivity contribution in [2.24, 2.45) is 0 Å². The maximum Gasteiger partial charge on any atom is 0.261 e. The minimum Gasteiger partial charge on any atom is -0.507 e. The molecule has 1 aromatic carbocycles. The Balaban J connectivity index is 1.83. The van der Waals surface area contributed by atoms with E-state index in [0.717, 1.165) is 19.2 Å². The lowest BCUT2D eigenvalue weighted by molar-refractivity contribution is -0.0334. The summed E-state index contributed by atoms with van der Waals surface area (Å²) in [4.78, 5) is 6.49. The minimum atomic E-state index is -0.523. The Hall–Kier alpha value is -1.99. The van der Waals surface area contributed by atoms with Crippen molar-refractivity contribution >= 4 is 0 Å². The molecule has 0 amide bonds. The van der Waals surface area contributed by atoms with Crippen LogP contribution < -0.4 is 0 Å². The van der Waals surface area contributed by atoms with Crippen molar-refractivity contribution in [2.45, 2.75) is 13.0 Å². The van der Waals surface area contributed by atoms with Gasteiger partial charge in [-0.1, -0.05) is 12.1 Å². The smallest absolute Gasteiger partial charge is 0.261 e. The third-order valence-electron chi connectivity index (χ3n) is 3.52. The summed E-state index contributed by atoms with van der Waals surface area (Å²) >= 11 is 0. The summed E-state index contributed by atoms with van der Waals surface area (Å²) in [6.07, 6.45) is -0.251. The summed E-state index contributed by atoms with van der Waals surface area (Å²) in [6.45, 7) is 5.22. The van der Waals surface area contributed by atoms with Crippen molar-refractivity contribution in [1.29, 1.82) is 0 Å². The maximum atomic E-state index is 13.0. The molecule has 0 aliphatic carbocycles. The van der Waals surface area contributed by atoms with Crippen molar-refractivity contribution in [3.63, 3.8) is 0 Å². The number of ether oxygens (including phenoxy) is 1. The van der Waals surface area contributed by atoms with Gasteiger partial charge in [-0.2, -0.15) is 4.98 Å². The summed E-state index contributed by atoms with van der Waals surface area (Å²) in [7, 11) is 0. The van der Waals surface area contributed by atoms with Gasteiger partial charge in [0.15, 0.2) is 0 Å². The first-order valence-corrected chi connectivity index (χ1v) is 6.84. The van der Waals surface area contributed by atoms with E-state index < -0.39 is 5.82 Å². The van der Waals surface area contributed by atoms with Crippen LogP contribution in [0.4, 0.5) is 4.39 Å². The molecule has 1 unspecified atom stereocenters. The highest BCUT2D eigenvalue weighted by Gasteiger charge is 2.26. The summed E-state index contributed by atoms with van der Waals surface area (Å²) in [5.41, 5.74) is 0.304. The molecule has 0 radical (unpaired) electrons. The predicted octanol–water partition coefficient (Wildman–Crippen LogP) is 1.97. The Kier molecular flexibility index (Phi) is 3.85. The predicted molar refractivity (Wildman–Crippen MR) is 72.2 cm³/mol. The number of hydrogen-bond donors (Lipinski definition) is 1. The number of halogens is 1. The van der Waals surface area contributed by atoms with Gasteiger partial charge in [0.05, 0.1) is 12.2 Å². The van der Waals surface area contributed by atoms with E-state index in [1.807, 2.05) is 0 Å². The summed E-state index contributed by atoms with van der Waals surface area (Å²) in [5.74, 6) is -0.165. The number of benzene rings is 1. The SMILES string of the molecule is CCN1CCOC(c2noc(-c3ccc(F)cc3O)n2)C1. The highest BCUT2D eigenvalue weighted by molar-refractivity contribution is 5.61. The van der Waals surface area contributed by atoms with Crippen LogP contribution in [0.5, 0.6) is 5.75 Å². The van der Waals surface area contributed by atoms with E-state index in [0.29, 0.717) is 24.5 Å². The van der Waals surface area contributed by atoms with E-state index >= 15 is 0 Å². The Morgan fingerprint density at radius 1 is 1.48 bits per heavy atom. The highest BCUT2D eigenvalue weighted by Crippen LogP contribution is 2.30. The van der Waals surface area contributed by atoms with Crippen LogP contribution >= 0.6 is 0 Å². The molecule has 1 N–H and O–H groups in total. The van der Waals surface area contributed by atoms with Gasteiger partial charge >= 0.3 is 0 Å². The molecular formula is C14H16FN3O3. The number of phenols is 1.